The second-order valence-electron chi connectivity index (χ2n) is 3.53. The third-order valence-electron chi connectivity index (χ3n) is 1.80. The molecule has 3 N–H and O–H groups in total. The molecule has 0 saturated heterocycles. The molecule has 118 valence electrons. The predicted molar refractivity (Wildman–Crippen MR) is 68.5 cm³/mol. The summed E-state index contributed by atoms with van der Waals surface area (Å²) in [4.78, 5) is 36.4. The molecule has 0 rings (SSSR count). The summed E-state index contributed by atoms with van der Waals surface area (Å²) in [5.74, 6) is -0.686. The number of phosphoric ester groups is 1. The van der Waals surface area contributed by atoms with Crippen LogP contribution in [-0.2, 0) is 27.5 Å². The molecule has 0 aliphatic carbocycles. The molecule has 0 amide bonds. The van der Waals surface area contributed by atoms with Crippen LogP contribution < -0.4 is 0 Å². The molecule has 0 heterocycles. The van der Waals surface area contributed by atoms with Gasteiger partial charge in [0.05, 0.1) is 14.6 Å². The average molecular weight is 333 g/mol. The number of carbonyl (C=O) groups excluding carboxylic acids is 1. The van der Waals surface area contributed by atoms with E-state index in [-0.39, 0.29) is 13.0 Å². The first-order valence-electron chi connectivity index (χ1n) is 6.13. The minimum absolute atomic E-state index is 0.247. The van der Waals surface area contributed by atoms with Crippen LogP contribution >= 0.6 is 15.6 Å². The Morgan fingerprint density at radius 1 is 1.20 bits per heavy atom. The molecule has 2 atom stereocenters. The lowest BCUT2D eigenvalue weighted by molar-refractivity contribution is -0.137. The molecule has 0 aliphatic heterocycles. The van der Waals surface area contributed by atoms with Crippen LogP contribution in [0.2, 0.25) is 0 Å². The van der Waals surface area contributed by atoms with Crippen LogP contribution in [0.4, 0.5) is 0 Å². The van der Waals surface area contributed by atoms with Gasteiger partial charge in [-0.15, -0.1) is 0 Å². The van der Waals surface area contributed by atoms with Gasteiger partial charge in [0.1, 0.15) is 0 Å². The molecule has 2 unspecified atom stereocenters. The van der Waals surface area contributed by atoms with Crippen molar-refractivity contribution in [3.8, 4) is 0 Å². The number of unbranched alkanes of at least 4 members (excludes halogenated alkanes) is 2. The molecular formula is C9H18O9P2. The Morgan fingerprint density at radius 2 is 1.80 bits per heavy atom. The molecule has 0 aromatic carbocycles. The lowest BCUT2D eigenvalue weighted by atomic mass is 10.2. The molecule has 0 fully saturated rings. The van der Waals surface area contributed by atoms with Gasteiger partial charge in [-0.1, -0.05) is 13.0 Å². The van der Waals surface area contributed by atoms with Crippen LogP contribution in [0, 0.1) is 0 Å². The van der Waals surface area contributed by atoms with Crippen molar-refractivity contribution in [2.24, 2.45) is 0 Å². The van der Waals surface area contributed by atoms with E-state index in [1.165, 1.54) is 0 Å². The summed E-state index contributed by atoms with van der Waals surface area (Å²) in [5, 5.41) is 0. The van der Waals surface area contributed by atoms with Crippen molar-refractivity contribution in [3.05, 3.63) is 12.7 Å². The Bertz CT molecular complexity index is 435. The minimum atomic E-state index is -5.10. The molecule has 0 spiro atoms. The fraction of sp³-hybridized carbons (Fsp3) is 0.667. The zero-order valence-electron chi connectivity index (χ0n) is 11.6. The largest absolute Gasteiger partial charge is 0.481 e. The molecular weight excluding hydrogens is 314 g/mol. The van der Waals surface area contributed by atoms with Gasteiger partial charge in [-0.3, -0.25) is 4.52 Å². The van der Waals surface area contributed by atoms with Crippen molar-refractivity contribution in [3.63, 3.8) is 0 Å². The zero-order valence-corrected chi connectivity index (χ0v) is 12.4. The fourth-order valence-electron chi connectivity index (χ4n) is 1.03. The molecule has 9 nitrogen and oxygen atoms in total. The van der Waals surface area contributed by atoms with Gasteiger partial charge in [-0.25, -0.2) is 13.9 Å². The summed E-state index contributed by atoms with van der Waals surface area (Å²) >= 11 is 0. The second-order valence-corrected chi connectivity index (χ2v) is 6.36. The smallest absolute Gasteiger partial charge is 0.463 e. The van der Waals surface area contributed by atoms with Gasteiger partial charge in [0.25, 0.3) is 0 Å². The Balaban J connectivity index is 3.73. The van der Waals surface area contributed by atoms with Crippen molar-refractivity contribution in [2.45, 2.75) is 25.7 Å². The number of rotatable bonds is 11. The van der Waals surface area contributed by atoms with E-state index in [9.17, 15) is 13.9 Å². The third-order valence-corrected chi connectivity index (χ3v) is 3.98. The number of ether oxygens (including phenoxy) is 1. The summed E-state index contributed by atoms with van der Waals surface area (Å²) < 4.78 is 41.3. The Hall–Kier alpha value is -0.530. The quantitative estimate of drug-likeness (QED) is 0.222. The van der Waals surface area contributed by atoms with E-state index in [4.69, 9.17) is 16.1 Å². The minimum Gasteiger partial charge on any atom is -0.463 e. The van der Waals surface area contributed by atoms with Gasteiger partial charge < -0.3 is 19.4 Å². The van der Waals surface area contributed by atoms with Crippen LogP contribution in [0.1, 0.15) is 27.1 Å². The molecule has 0 aromatic heterocycles. The zero-order chi connectivity index (χ0) is 16.5. The molecule has 0 saturated carbocycles. The van der Waals surface area contributed by atoms with Crippen molar-refractivity contribution < 1.29 is 43.5 Å². The number of carbonyl (C=O) groups is 1. The molecule has 0 bridgehead atoms. The highest BCUT2D eigenvalue weighted by Gasteiger charge is 2.31. The van der Waals surface area contributed by atoms with E-state index in [0.717, 1.165) is 6.08 Å². The third kappa shape index (κ3) is 12.5. The maximum absolute atomic E-state index is 11.0. The second kappa shape index (κ2) is 9.41. The Kier molecular flexibility index (Phi) is 8.25. The van der Waals surface area contributed by atoms with Gasteiger partial charge in [-0.2, -0.15) is 4.31 Å². The number of esters is 1. The van der Waals surface area contributed by atoms with Crippen LogP contribution in [0.15, 0.2) is 12.7 Å². The Morgan fingerprint density at radius 3 is 2.35 bits per heavy atom. The highest BCUT2D eigenvalue weighted by Crippen LogP contribution is 2.57. The normalized spacial score (nSPS) is 16.9. The van der Waals surface area contributed by atoms with Crippen molar-refractivity contribution in [2.75, 3.05) is 13.2 Å². The molecule has 0 aromatic rings. The standard InChI is InChI=1S/C9H18O9P2/c1-2-9(10)16-7-5-3-4-6-8-17-20(14,15)18-19(11,12)13/h2H,1,3-8H2,(H,14,15)(H2,11,12,13)/i7D. The van der Waals surface area contributed by atoms with E-state index in [1.54, 1.807) is 0 Å². The Labute approximate surface area is 117 Å². The number of hydrogen-bond donors (Lipinski definition) is 3. The summed E-state index contributed by atoms with van der Waals surface area (Å²) in [6, 6.07) is 0. The fourth-order valence-corrected chi connectivity index (χ4v) is 2.66. The first kappa shape index (κ1) is 17.5. The first-order valence-corrected chi connectivity index (χ1v) is 8.58. The predicted octanol–water partition coefficient (Wildman–Crippen LogP) is 1.50. The number of hydrogen-bond acceptors (Lipinski definition) is 6. The molecule has 0 radical (unpaired) electrons. The maximum Gasteiger partial charge on any atom is 0.481 e. The van der Waals surface area contributed by atoms with Gasteiger partial charge in [0.15, 0.2) is 0 Å². The van der Waals surface area contributed by atoms with E-state index < -0.39 is 28.2 Å². The summed E-state index contributed by atoms with van der Waals surface area (Å²) in [6.07, 6.45) is 2.52. The van der Waals surface area contributed by atoms with Gasteiger partial charge in [0.2, 0.25) is 0 Å². The van der Waals surface area contributed by atoms with Gasteiger partial charge in [-0.05, 0) is 19.3 Å². The summed E-state index contributed by atoms with van der Waals surface area (Å²) in [6.45, 7) is 1.93. The highest BCUT2D eigenvalue weighted by molar-refractivity contribution is 7.60. The van der Waals surface area contributed by atoms with E-state index in [0.29, 0.717) is 19.3 Å². The highest BCUT2D eigenvalue weighted by atomic mass is 31.3. The van der Waals surface area contributed by atoms with E-state index >= 15 is 0 Å². The van der Waals surface area contributed by atoms with Crippen molar-refractivity contribution in [1.29, 1.82) is 0 Å². The first-order chi connectivity index (χ1) is 9.56. The van der Waals surface area contributed by atoms with Gasteiger partial charge >= 0.3 is 21.6 Å². The molecule has 20 heavy (non-hydrogen) atoms. The van der Waals surface area contributed by atoms with Crippen LogP contribution in [0.25, 0.3) is 0 Å². The monoisotopic (exact) mass is 333 g/mol. The van der Waals surface area contributed by atoms with Crippen LogP contribution in [0.5, 0.6) is 0 Å². The van der Waals surface area contributed by atoms with E-state index in [2.05, 4.69) is 20.2 Å². The van der Waals surface area contributed by atoms with E-state index in [1.807, 2.05) is 0 Å². The molecule has 11 heteroatoms. The molecule has 0 aliphatic rings. The van der Waals surface area contributed by atoms with Crippen molar-refractivity contribution >= 4 is 21.6 Å². The van der Waals surface area contributed by atoms with Crippen molar-refractivity contribution in [1.82, 2.24) is 0 Å². The summed E-state index contributed by atoms with van der Waals surface area (Å²) in [5.41, 5.74) is 0. The van der Waals surface area contributed by atoms with Gasteiger partial charge in [0, 0.05) is 6.08 Å². The van der Waals surface area contributed by atoms with Crippen LogP contribution in [-0.4, -0.2) is 33.8 Å². The maximum atomic E-state index is 11.0. The summed E-state index contributed by atoms with van der Waals surface area (Å²) in [7, 11) is -9.88. The lowest BCUT2D eigenvalue weighted by Crippen LogP contribution is -2.02. The van der Waals surface area contributed by atoms with Crippen LogP contribution in [0.3, 0.4) is 0 Å². The average Bonchev–Trinajstić information content (AvgIpc) is 2.30. The number of phosphoric acid groups is 2. The lowest BCUT2D eigenvalue weighted by Gasteiger charge is -2.12. The SMILES string of the molecule is [2H]C(CCCCCOP(=O)(O)OP(=O)(O)O)OC(=O)C=C. The topological polar surface area (TPSA) is 140 Å².